The second-order valence-corrected chi connectivity index (χ2v) is 17.9. The summed E-state index contributed by atoms with van der Waals surface area (Å²) in [4.78, 5) is 4.87. The van der Waals surface area contributed by atoms with Crippen LogP contribution in [-0.4, -0.2) is 15.8 Å². The SMILES string of the molecule is Cc1ccc(NC(n2c3ccccc3c3ccccc32)n2c3ccccc3c3ccc(Oc4cccc(N5CN(c6c(-c7ccccc7)cccc6-c6ccccc6)c6ccccc65)c4)cc32)cc1. The fraction of sp³-hybridized carbons (Fsp3) is 0.0476. The van der Waals surface area contributed by atoms with Crippen LogP contribution in [0.1, 0.15) is 11.9 Å². The van der Waals surface area contributed by atoms with Crippen molar-refractivity contribution < 1.29 is 4.74 Å². The molecule has 0 radical (unpaired) electrons. The maximum Gasteiger partial charge on any atom is 0.187 e. The summed E-state index contributed by atoms with van der Waals surface area (Å²) in [6.45, 7) is 2.75. The Hall–Kier alpha value is -9.00. The smallest absolute Gasteiger partial charge is 0.187 e. The van der Waals surface area contributed by atoms with Gasteiger partial charge in [-0.05, 0) is 84.8 Å². The van der Waals surface area contributed by atoms with E-state index in [-0.39, 0.29) is 6.29 Å². The van der Waals surface area contributed by atoms with Gasteiger partial charge in [0.05, 0.1) is 39.1 Å². The predicted octanol–water partition coefficient (Wildman–Crippen LogP) is 16.7. The summed E-state index contributed by atoms with van der Waals surface area (Å²) < 4.78 is 11.8. The third-order valence-electron chi connectivity index (χ3n) is 13.7. The van der Waals surface area contributed by atoms with E-state index in [4.69, 9.17) is 4.74 Å². The number of ether oxygens (including phenoxy) is 1. The zero-order chi connectivity index (χ0) is 45.8. The standard InChI is InChI=1S/C63H47N5O/c1-43-34-36-46(37-35-43)64-63(67-56-29-11-8-24-52(56)53-25-9-12-30-57(53)67)68-58-31-13-10-26-54(58)55-39-38-49(41-61(55)68)69-48-23-16-22-47(40-48)65-42-66(60-33-15-14-32-59(60)65)62-50(44-18-4-2-5-19-44)27-17-28-51(62)45-20-6-3-7-21-45/h2-41,63-64H,42H2,1H3. The van der Waals surface area contributed by atoms with Gasteiger partial charge in [-0.2, -0.15) is 0 Å². The van der Waals surface area contributed by atoms with E-state index in [1.54, 1.807) is 0 Å². The van der Waals surface area contributed by atoms with E-state index in [9.17, 15) is 0 Å². The fourth-order valence-corrected chi connectivity index (χ4v) is 10.6. The van der Waals surface area contributed by atoms with E-state index in [0.29, 0.717) is 6.67 Å². The summed E-state index contributed by atoms with van der Waals surface area (Å²) in [6, 6.07) is 86.8. The lowest BCUT2D eigenvalue weighted by atomic mass is 9.95. The molecule has 1 unspecified atom stereocenters. The first-order valence-electron chi connectivity index (χ1n) is 23.6. The maximum atomic E-state index is 6.95. The van der Waals surface area contributed by atoms with Crippen LogP contribution in [0.15, 0.2) is 243 Å². The van der Waals surface area contributed by atoms with Gasteiger partial charge in [0, 0.05) is 56.2 Å². The van der Waals surface area contributed by atoms with Crippen molar-refractivity contribution in [1.82, 2.24) is 9.13 Å². The van der Waals surface area contributed by atoms with E-state index in [2.05, 4.69) is 274 Å². The second-order valence-electron chi connectivity index (χ2n) is 17.9. The number of rotatable bonds is 10. The number of aromatic nitrogens is 2. The molecule has 0 bridgehead atoms. The zero-order valence-corrected chi connectivity index (χ0v) is 38.1. The first-order chi connectivity index (χ1) is 34.1. The van der Waals surface area contributed by atoms with Crippen LogP contribution >= 0.6 is 0 Å². The number of anilines is 5. The van der Waals surface area contributed by atoms with Crippen LogP contribution in [0.2, 0.25) is 0 Å². The topological polar surface area (TPSA) is 37.6 Å². The van der Waals surface area contributed by atoms with Crippen LogP contribution < -0.4 is 19.9 Å². The fourth-order valence-electron chi connectivity index (χ4n) is 10.6. The molecule has 330 valence electrons. The first kappa shape index (κ1) is 40.3. The highest BCUT2D eigenvalue weighted by molar-refractivity contribution is 6.10. The molecule has 1 N–H and O–H groups in total. The Morgan fingerprint density at radius 1 is 0.406 bits per heavy atom. The second kappa shape index (κ2) is 16.7. The molecule has 1 aliphatic rings. The van der Waals surface area contributed by atoms with Crippen LogP contribution in [0.5, 0.6) is 11.5 Å². The first-order valence-corrected chi connectivity index (χ1v) is 23.6. The number of benzene rings is 10. The van der Waals surface area contributed by atoms with Crippen molar-refractivity contribution in [2.24, 2.45) is 0 Å². The van der Waals surface area contributed by atoms with Gasteiger partial charge in [0.25, 0.3) is 0 Å². The van der Waals surface area contributed by atoms with Crippen LogP contribution in [0, 0.1) is 6.92 Å². The Morgan fingerprint density at radius 3 is 1.51 bits per heavy atom. The molecule has 0 amide bonds. The molecule has 69 heavy (non-hydrogen) atoms. The van der Waals surface area contributed by atoms with Crippen molar-refractivity contribution >= 4 is 72.0 Å². The minimum atomic E-state index is -0.342. The number of nitrogens with zero attached hydrogens (tertiary/aromatic N) is 4. The summed E-state index contributed by atoms with van der Waals surface area (Å²) in [5.41, 5.74) is 16.0. The van der Waals surface area contributed by atoms with Crippen molar-refractivity contribution in [2.45, 2.75) is 13.2 Å². The zero-order valence-electron chi connectivity index (χ0n) is 38.1. The van der Waals surface area contributed by atoms with E-state index in [0.717, 1.165) is 61.7 Å². The van der Waals surface area contributed by atoms with Gasteiger partial charge in [-0.25, -0.2) is 0 Å². The molecule has 6 heteroatoms. The number of para-hydroxylation sites is 6. The molecule has 3 heterocycles. The van der Waals surface area contributed by atoms with Crippen molar-refractivity contribution in [3.8, 4) is 33.8 Å². The summed E-state index contributed by atoms with van der Waals surface area (Å²) in [6.07, 6.45) is -0.342. The Bertz CT molecular complexity index is 3740. The number of fused-ring (bicyclic) bond motifs is 7. The number of nitrogens with one attached hydrogen (secondary N) is 1. The third kappa shape index (κ3) is 6.96. The molecule has 0 aliphatic carbocycles. The van der Waals surface area contributed by atoms with Gasteiger partial charge in [-0.3, -0.25) is 0 Å². The van der Waals surface area contributed by atoms with Crippen LogP contribution in [-0.2, 0) is 0 Å². The van der Waals surface area contributed by atoms with Crippen molar-refractivity contribution in [3.05, 3.63) is 248 Å². The highest BCUT2D eigenvalue weighted by atomic mass is 16.5. The molecule has 12 aromatic rings. The van der Waals surface area contributed by atoms with E-state index in [1.807, 2.05) is 0 Å². The molecule has 2 aromatic heterocycles. The Morgan fingerprint density at radius 2 is 0.899 bits per heavy atom. The molecule has 0 fully saturated rings. The molecule has 1 aliphatic heterocycles. The third-order valence-corrected chi connectivity index (χ3v) is 13.7. The van der Waals surface area contributed by atoms with Crippen molar-refractivity contribution in [3.63, 3.8) is 0 Å². The highest BCUT2D eigenvalue weighted by Gasteiger charge is 2.32. The van der Waals surface area contributed by atoms with Crippen LogP contribution in [0.25, 0.3) is 65.9 Å². The molecule has 0 spiro atoms. The Balaban J connectivity index is 0.911. The summed E-state index contributed by atoms with van der Waals surface area (Å²) in [7, 11) is 0. The monoisotopic (exact) mass is 889 g/mol. The minimum Gasteiger partial charge on any atom is -0.457 e. The van der Waals surface area contributed by atoms with Crippen LogP contribution in [0.4, 0.5) is 28.4 Å². The minimum absolute atomic E-state index is 0.342. The summed E-state index contributed by atoms with van der Waals surface area (Å²) in [5, 5.41) is 8.78. The van der Waals surface area contributed by atoms with E-state index in [1.165, 1.54) is 49.7 Å². The Kier molecular flexibility index (Phi) is 9.75. The van der Waals surface area contributed by atoms with Gasteiger partial charge in [0.1, 0.15) is 18.2 Å². The quantitative estimate of drug-likeness (QED) is 0.148. The van der Waals surface area contributed by atoms with Crippen molar-refractivity contribution in [2.75, 3.05) is 21.8 Å². The van der Waals surface area contributed by atoms with Gasteiger partial charge in [-0.1, -0.05) is 169 Å². The lowest BCUT2D eigenvalue weighted by Crippen LogP contribution is -2.26. The van der Waals surface area contributed by atoms with Gasteiger partial charge in [0.2, 0.25) is 0 Å². The normalized spacial score (nSPS) is 12.8. The molecule has 10 aromatic carbocycles. The molecule has 0 saturated heterocycles. The molecular weight excluding hydrogens is 843 g/mol. The maximum absolute atomic E-state index is 6.95. The highest BCUT2D eigenvalue weighted by Crippen LogP contribution is 2.50. The Labute approximate surface area is 401 Å². The number of hydrogen-bond donors (Lipinski definition) is 1. The van der Waals surface area contributed by atoms with Gasteiger partial charge in [-0.15, -0.1) is 0 Å². The van der Waals surface area contributed by atoms with Gasteiger partial charge >= 0.3 is 0 Å². The lowest BCUT2D eigenvalue weighted by molar-refractivity contribution is 0.482. The lowest BCUT2D eigenvalue weighted by Gasteiger charge is -2.27. The van der Waals surface area contributed by atoms with Crippen molar-refractivity contribution in [1.29, 1.82) is 0 Å². The van der Waals surface area contributed by atoms with Gasteiger partial charge in [0.15, 0.2) is 6.29 Å². The summed E-state index contributed by atoms with van der Waals surface area (Å²) >= 11 is 0. The van der Waals surface area contributed by atoms with Crippen LogP contribution in [0.3, 0.4) is 0 Å². The molecule has 1 atom stereocenters. The molecule has 13 rings (SSSR count). The largest absolute Gasteiger partial charge is 0.457 e. The molecule has 0 saturated carbocycles. The summed E-state index contributed by atoms with van der Waals surface area (Å²) in [5.74, 6) is 1.52. The van der Waals surface area contributed by atoms with E-state index >= 15 is 0 Å². The average molecular weight is 890 g/mol. The predicted molar refractivity (Wildman–Crippen MR) is 288 cm³/mol. The molecule has 6 nitrogen and oxygen atoms in total. The molecular formula is C63H47N5O. The number of hydrogen-bond acceptors (Lipinski definition) is 4. The number of aryl methyl sites for hydroxylation is 1. The van der Waals surface area contributed by atoms with E-state index < -0.39 is 0 Å². The van der Waals surface area contributed by atoms with Gasteiger partial charge < -0.3 is 29.0 Å². The average Bonchev–Trinajstić information content (AvgIpc) is 4.07.